The van der Waals surface area contributed by atoms with Gasteiger partial charge in [-0.15, -0.1) is 6.42 Å². The van der Waals surface area contributed by atoms with E-state index in [0.717, 1.165) is 5.56 Å². The van der Waals surface area contributed by atoms with Gasteiger partial charge in [0.15, 0.2) is 0 Å². The predicted octanol–water partition coefficient (Wildman–Crippen LogP) is 2.34. The van der Waals surface area contributed by atoms with Crippen LogP contribution in [0.1, 0.15) is 32.3 Å². The molecular weight excluding hydrogens is 268 g/mol. The van der Waals surface area contributed by atoms with Gasteiger partial charge in [0.05, 0.1) is 11.0 Å². The van der Waals surface area contributed by atoms with Gasteiger partial charge in [0, 0.05) is 5.69 Å². The molecule has 1 aromatic carbocycles. The fraction of sp³-hybridized carbons (Fsp3) is 0.375. The van der Waals surface area contributed by atoms with Crippen molar-refractivity contribution < 1.29 is 14.7 Å². The van der Waals surface area contributed by atoms with E-state index in [1.807, 2.05) is 0 Å². The van der Waals surface area contributed by atoms with Gasteiger partial charge < -0.3 is 15.7 Å². The van der Waals surface area contributed by atoms with E-state index in [1.165, 1.54) is 0 Å². The van der Waals surface area contributed by atoms with E-state index in [2.05, 4.69) is 16.6 Å². The Balaban J connectivity index is 2.02. The number of benzene rings is 1. The second-order valence-electron chi connectivity index (χ2n) is 5.81. The summed E-state index contributed by atoms with van der Waals surface area (Å²) in [6, 6.07) is 6.47. The Morgan fingerprint density at radius 2 is 1.86 bits per heavy atom. The first kappa shape index (κ1) is 14.9. The Hall–Kier alpha value is -2.48. The maximum atomic E-state index is 11.8. The number of carbonyl (C=O) groups is 2. The van der Waals surface area contributed by atoms with Gasteiger partial charge in [0.2, 0.25) is 0 Å². The van der Waals surface area contributed by atoms with Crippen LogP contribution in [0.3, 0.4) is 0 Å². The van der Waals surface area contributed by atoms with Gasteiger partial charge in [-0.2, -0.15) is 0 Å². The smallest absolute Gasteiger partial charge is 0.320 e. The molecule has 1 aromatic rings. The van der Waals surface area contributed by atoms with Crippen molar-refractivity contribution in [3.8, 4) is 12.3 Å². The Bertz CT molecular complexity index is 607. The molecule has 110 valence electrons. The van der Waals surface area contributed by atoms with Gasteiger partial charge in [-0.05, 0) is 44.4 Å². The van der Waals surface area contributed by atoms with Gasteiger partial charge in [-0.25, -0.2) is 4.79 Å². The number of anilines is 1. The second-order valence-corrected chi connectivity index (χ2v) is 5.81. The maximum absolute atomic E-state index is 11.8. The number of nitrogens with one attached hydrogen (secondary N) is 2. The van der Waals surface area contributed by atoms with Crippen LogP contribution in [0.15, 0.2) is 24.3 Å². The summed E-state index contributed by atoms with van der Waals surface area (Å²) in [5.74, 6) is 1.68. The molecule has 0 spiro atoms. The summed E-state index contributed by atoms with van der Waals surface area (Å²) in [6.45, 7) is 3.44. The SMILES string of the molecule is C#CC(C)(C)NC(=O)Nc1ccc(C2(C(=O)O)CC2)cc1. The number of rotatable bonds is 4. The van der Waals surface area contributed by atoms with Gasteiger partial charge in [-0.3, -0.25) is 4.79 Å². The third kappa shape index (κ3) is 3.16. The molecule has 0 heterocycles. The quantitative estimate of drug-likeness (QED) is 0.743. The molecule has 0 bridgehead atoms. The normalized spacial score (nSPS) is 15.7. The minimum absolute atomic E-state index is 0.398. The van der Waals surface area contributed by atoms with Crippen molar-refractivity contribution in [2.24, 2.45) is 0 Å². The summed E-state index contributed by atoms with van der Waals surface area (Å²) in [6.07, 6.45) is 6.62. The van der Waals surface area contributed by atoms with Gasteiger partial charge in [0.25, 0.3) is 0 Å². The van der Waals surface area contributed by atoms with Crippen molar-refractivity contribution in [3.05, 3.63) is 29.8 Å². The highest BCUT2D eigenvalue weighted by Gasteiger charge is 2.51. The number of carboxylic acids is 1. The summed E-state index contributed by atoms with van der Waals surface area (Å²) >= 11 is 0. The standard InChI is InChI=1S/C16H18N2O3/c1-4-15(2,3)18-14(21)17-12-7-5-11(6-8-12)16(9-10-16)13(19)20/h1,5-8H,9-10H2,2-3H3,(H,19,20)(H2,17,18,21). The molecule has 0 saturated heterocycles. The Kier molecular flexibility index (Phi) is 3.65. The topological polar surface area (TPSA) is 78.4 Å². The van der Waals surface area contributed by atoms with Crippen LogP contribution in [-0.2, 0) is 10.2 Å². The molecule has 1 aliphatic carbocycles. The van der Waals surface area contributed by atoms with Gasteiger partial charge in [0.1, 0.15) is 0 Å². The summed E-state index contributed by atoms with van der Waals surface area (Å²) in [5, 5.41) is 14.5. The van der Waals surface area contributed by atoms with Crippen molar-refractivity contribution >= 4 is 17.7 Å². The lowest BCUT2D eigenvalue weighted by Crippen LogP contribution is -2.44. The molecule has 2 amide bonds. The molecule has 1 aliphatic rings. The molecule has 0 aliphatic heterocycles. The van der Waals surface area contributed by atoms with Crippen LogP contribution in [0.4, 0.5) is 10.5 Å². The zero-order chi connectivity index (χ0) is 15.7. The zero-order valence-electron chi connectivity index (χ0n) is 12.1. The van der Waals surface area contributed by atoms with E-state index in [0.29, 0.717) is 18.5 Å². The third-order valence-corrected chi connectivity index (χ3v) is 3.64. The maximum Gasteiger partial charge on any atom is 0.320 e. The Morgan fingerprint density at radius 1 is 1.29 bits per heavy atom. The largest absolute Gasteiger partial charge is 0.481 e. The van der Waals surface area contributed by atoms with Crippen molar-refractivity contribution in [1.29, 1.82) is 0 Å². The van der Waals surface area contributed by atoms with Crippen LogP contribution in [0.2, 0.25) is 0 Å². The molecule has 5 nitrogen and oxygen atoms in total. The fourth-order valence-electron chi connectivity index (χ4n) is 2.11. The summed E-state index contributed by atoms with van der Waals surface area (Å²) in [4.78, 5) is 23.0. The van der Waals surface area contributed by atoms with E-state index in [-0.39, 0.29) is 0 Å². The minimum atomic E-state index is -0.795. The molecule has 5 heteroatoms. The number of carboxylic acid groups (broad SMARTS) is 1. The van der Waals surface area contributed by atoms with Crippen LogP contribution >= 0.6 is 0 Å². The number of terminal acetylenes is 1. The number of carbonyl (C=O) groups excluding carboxylic acids is 1. The molecule has 2 rings (SSSR count). The van der Waals surface area contributed by atoms with Gasteiger partial charge in [-0.1, -0.05) is 18.1 Å². The number of urea groups is 1. The number of hydrogen-bond acceptors (Lipinski definition) is 2. The lowest BCUT2D eigenvalue weighted by molar-refractivity contribution is -0.140. The summed E-state index contributed by atoms with van der Waals surface area (Å²) < 4.78 is 0. The van der Waals surface area contributed by atoms with E-state index in [4.69, 9.17) is 6.42 Å². The summed E-state index contributed by atoms with van der Waals surface area (Å²) in [7, 11) is 0. The van der Waals surface area contributed by atoms with Crippen LogP contribution in [-0.4, -0.2) is 22.6 Å². The van der Waals surface area contributed by atoms with Crippen molar-refractivity contribution in [2.45, 2.75) is 37.6 Å². The van der Waals surface area contributed by atoms with Crippen LogP contribution in [0.25, 0.3) is 0 Å². The number of aliphatic carboxylic acids is 1. The first-order valence-corrected chi connectivity index (χ1v) is 6.70. The van der Waals surface area contributed by atoms with E-state index < -0.39 is 23.0 Å². The molecule has 21 heavy (non-hydrogen) atoms. The lowest BCUT2D eigenvalue weighted by Gasteiger charge is -2.20. The van der Waals surface area contributed by atoms with Crippen molar-refractivity contribution in [3.63, 3.8) is 0 Å². The molecule has 1 fully saturated rings. The molecule has 0 atom stereocenters. The summed E-state index contributed by atoms with van der Waals surface area (Å²) in [5.41, 5.74) is -0.104. The van der Waals surface area contributed by atoms with Crippen LogP contribution < -0.4 is 10.6 Å². The van der Waals surface area contributed by atoms with E-state index >= 15 is 0 Å². The Morgan fingerprint density at radius 3 is 2.29 bits per heavy atom. The van der Waals surface area contributed by atoms with Crippen molar-refractivity contribution in [1.82, 2.24) is 5.32 Å². The first-order chi connectivity index (χ1) is 9.79. The third-order valence-electron chi connectivity index (χ3n) is 3.64. The molecule has 0 aromatic heterocycles. The molecule has 1 saturated carbocycles. The van der Waals surface area contributed by atoms with Crippen LogP contribution in [0.5, 0.6) is 0 Å². The average molecular weight is 286 g/mol. The minimum Gasteiger partial charge on any atom is -0.481 e. The highest BCUT2D eigenvalue weighted by Crippen LogP contribution is 2.48. The Labute approximate surface area is 123 Å². The van der Waals surface area contributed by atoms with E-state index in [1.54, 1.807) is 38.1 Å². The predicted molar refractivity (Wildman–Crippen MR) is 80.1 cm³/mol. The van der Waals surface area contributed by atoms with E-state index in [9.17, 15) is 14.7 Å². The molecule has 0 radical (unpaired) electrons. The molecule has 3 N–H and O–H groups in total. The second kappa shape index (κ2) is 5.13. The molecule has 0 unspecified atom stereocenters. The number of hydrogen-bond donors (Lipinski definition) is 3. The first-order valence-electron chi connectivity index (χ1n) is 6.70. The molecular formula is C16H18N2O3. The average Bonchev–Trinajstić information content (AvgIpc) is 3.20. The highest BCUT2D eigenvalue weighted by atomic mass is 16.4. The van der Waals surface area contributed by atoms with Crippen molar-refractivity contribution in [2.75, 3.05) is 5.32 Å². The zero-order valence-corrected chi connectivity index (χ0v) is 12.1. The number of amides is 2. The fourth-order valence-corrected chi connectivity index (χ4v) is 2.11. The highest BCUT2D eigenvalue weighted by molar-refractivity contribution is 5.90. The lowest BCUT2D eigenvalue weighted by atomic mass is 9.96. The van der Waals surface area contributed by atoms with Gasteiger partial charge >= 0.3 is 12.0 Å². The monoisotopic (exact) mass is 286 g/mol. The van der Waals surface area contributed by atoms with Crippen LogP contribution in [0, 0.1) is 12.3 Å².